The Bertz CT molecular complexity index is 287. The topological polar surface area (TPSA) is 36.9 Å². The lowest BCUT2D eigenvalue weighted by molar-refractivity contribution is 0.138. The van der Waals surface area contributed by atoms with Crippen molar-refractivity contribution >= 4 is 17.1 Å². The van der Waals surface area contributed by atoms with Gasteiger partial charge in [0.05, 0.1) is 0 Å². The van der Waals surface area contributed by atoms with Crippen LogP contribution in [0.1, 0.15) is 86.0 Å². The van der Waals surface area contributed by atoms with Crippen LogP contribution in [0.15, 0.2) is 0 Å². The first-order chi connectivity index (χ1) is 12.4. The molecule has 0 aliphatic heterocycles. The van der Waals surface area contributed by atoms with Gasteiger partial charge in [-0.25, -0.2) is 0 Å². The van der Waals surface area contributed by atoms with Crippen LogP contribution in [0.5, 0.6) is 0 Å². The lowest BCUT2D eigenvalue weighted by Gasteiger charge is -2.43. The second-order valence-electron chi connectivity index (χ2n) is 7.47. The quantitative estimate of drug-likeness (QED) is 0.197. The summed E-state index contributed by atoms with van der Waals surface area (Å²) in [6, 6.07) is 0. The number of hydrogen-bond acceptors (Lipinski definition) is 4. The molecule has 0 heterocycles. The zero-order chi connectivity index (χ0) is 19.9. The summed E-state index contributed by atoms with van der Waals surface area (Å²) < 4.78 is 25.9. The third-order valence-electron chi connectivity index (χ3n) is 4.73. The fourth-order valence-corrected chi connectivity index (χ4v) is 13.0. The molecule has 0 aliphatic rings. The van der Waals surface area contributed by atoms with Crippen molar-refractivity contribution in [2.45, 2.75) is 104 Å². The lowest BCUT2D eigenvalue weighted by atomic mass is 10.2. The molecular formula is C20H46O4Si2. The fraction of sp³-hybridized carbons (Fsp3) is 1.00. The van der Waals surface area contributed by atoms with Gasteiger partial charge in [-0.15, -0.1) is 0 Å². The standard InChI is InChI=1S/C20H46O4Si2/c1-8-13-14-15-20(25(6,21-16-9-2)22-17-10-3)26(7,23-18-11-4)24-19-12-5/h20H,8-19H2,1-7H3. The van der Waals surface area contributed by atoms with Crippen molar-refractivity contribution in [2.24, 2.45) is 0 Å². The molecule has 0 atom stereocenters. The SMILES string of the molecule is CCCCCC([Si](C)(OCCC)OCCC)[Si](C)(OCCC)OCCC. The molecule has 26 heavy (non-hydrogen) atoms. The Morgan fingerprint density at radius 2 is 0.885 bits per heavy atom. The zero-order valence-electron chi connectivity index (χ0n) is 18.7. The van der Waals surface area contributed by atoms with E-state index in [1.807, 2.05) is 0 Å². The Morgan fingerprint density at radius 1 is 0.538 bits per heavy atom. The Balaban J connectivity index is 5.64. The first-order valence-corrected chi connectivity index (χ1v) is 15.8. The van der Waals surface area contributed by atoms with Gasteiger partial charge in [-0.3, -0.25) is 0 Å². The first kappa shape index (κ1) is 26.3. The van der Waals surface area contributed by atoms with Crippen LogP contribution >= 0.6 is 0 Å². The van der Waals surface area contributed by atoms with Gasteiger partial charge in [-0.1, -0.05) is 53.9 Å². The van der Waals surface area contributed by atoms with Gasteiger partial charge in [0.15, 0.2) is 0 Å². The highest BCUT2D eigenvalue weighted by atomic mass is 28.4. The largest absolute Gasteiger partial charge is 0.394 e. The van der Waals surface area contributed by atoms with Crippen molar-refractivity contribution in [2.75, 3.05) is 26.4 Å². The van der Waals surface area contributed by atoms with Crippen LogP contribution in [0, 0.1) is 0 Å². The van der Waals surface area contributed by atoms with Crippen LogP contribution < -0.4 is 0 Å². The van der Waals surface area contributed by atoms with Crippen LogP contribution in [0.2, 0.25) is 18.3 Å². The van der Waals surface area contributed by atoms with Gasteiger partial charge in [0.25, 0.3) is 0 Å². The maximum absolute atomic E-state index is 6.47. The van der Waals surface area contributed by atoms with E-state index in [2.05, 4.69) is 47.7 Å². The number of hydrogen-bond donors (Lipinski definition) is 0. The molecule has 0 N–H and O–H groups in total. The molecule has 158 valence electrons. The molecular weight excluding hydrogens is 360 g/mol. The van der Waals surface area contributed by atoms with Crippen molar-refractivity contribution in [1.29, 1.82) is 0 Å². The van der Waals surface area contributed by atoms with Crippen molar-refractivity contribution in [3.05, 3.63) is 0 Å². The molecule has 0 amide bonds. The van der Waals surface area contributed by atoms with Gasteiger partial charge in [0.1, 0.15) is 0 Å². The molecule has 0 unspecified atom stereocenters. The van der Waals surface area contributed by atoms with Gasteiger partial charge in [0.2, 0.25) is 0 Å². The zero-order valence-corrected chi connectivity index (χ0v) is 20.7. The fourth-order valence-electron chi connectivity index (χ4n) is 3.30. The van der Waals surface area contributed by atoms with E-state index in [0.717, 1.165) is 58.5 Å². The molecule has 0 radical (unpaired) electrons. The van der Waals surface area contributed by atoms with Gasteiger partial charge < -0.3 is 17.7 Å². The molecule has 0 rings (SSSR count). The maximum atomic E-state index is 6.47. The van der Waals surface area contributed by atoms with E-state index < -0.39 is 17.1 Å². The smallest absolute Gasteiger partial charge is 0.340 e. The third-order valence-corrected chi connectivity index (χ3v) is 14.1. The van der Waals surface area contributed by atoms with Crippen molar-refractivity contribution < 1.29 is 17.7 Å². The van der Waals surface area contributed by atoms with E-state index in [9.17, 15) is 0 Å². The molecule has 0 bridgehead atoms. The monoisotopic (exact) mass is 406 g/mol. The Hall–Kier alpha value is 0.274. The molecule has 0 spiro atoms. The maximum Gasteiger partial charge on any atom is 0.340 e. The van der Waals surface area contributed by atoms with Crippen molar-refractivity contribution in [3.63, 3.8) is 0 Å². The van der Waals surface area contributed by atoms with E-state index in [1.54, 1.807) is 0 Å². The molecule has 0 aromatic carbocycles. The van der Waals surface area contributed by atoms with E-state index in [1.165, 1.54) is 19.3 Å². The summed E-state index contributed by atoms with van der Waals surface area (Å²) in [5.74, 6) is 0. The van der Waals surface area contributed by atoms with Crippen LogP contribution in [-0.4, -0.2) is 43.5 Å². The molecule has 0 aromatic heterocycles. The lowest BCUT2D eigenvalue weighted by Crippen LogP contribution is -2.58. The van der Waals surface area contributed by atoms with Crippen LogP contribution in [0.25, 0.3) is 0 Å². The number of unbranched alkanes of at least 4 members (excludes halogenated alkanes) is 2. The molecule has 6 heteroatoms. The summed E-state index contributed by atoms with van der Waals surface area (Å²) in [5, 5.41) is 0.303. The van der Waals surface area contributed by atoms with Crippen molar-refractivity contribution in [1.82, 2.24) is 0 Å². The van der Waals surface area contributed by atoms with Crippen LogP contribution in [0.3, 0.4) is 0 Å². The van der Waals surface area contributed by atoms with Gasteiger partial charge in [-0.05, 0) is 45.2 Å². The minimum absolute atomic E-state index is 0.303. The summed E-state index contributed by atoms with van der Waals surface area (Å²) in [7, 11) is -4.79. The highest BCUT2D eigenvalue weighted by Gasteiger charge is 2.55. The summed E-state index contributed by atoms with van der Waals surface area (Å²) in [5.41, 5.74) is 0. The van der Waals surface area contributed by atoms with Crippen molar-refractivity contribution in [3.8, 4) is 0 Å². The van der Waals surface area contributed by atoms with E-state index in [4.69, 9.17) is 17.7 Å². The third kappa shape index (κ3) is 9.46. The molecule has 0 saturated carbocycles. The first-order valence-electron chi connectivity index (χ1n) is 11.0. The van der Waals surface area contributed by atoms with E-state index in [0.29, 0.717) is 5.16 Å². The summed E-state index contributed by atoms with van der Waals surface area (Å²) in [4.78, 5) is 0. The van der Waals surface area contributed by atoms with E-state index in [-0.39, 0.29) is 0 Å². The Morgan fingerprint density at radius 3 is 1.15 bits per heavy atom. The predicted octanol–water partition coefficient (Wildman–Crippen LogP) is 6.33. The highest BCUT2D eigenvalue weighted by Crippen LogP contribution is 2.40. The normalized spacial score (nSPS) is 12.9. The predicted molar refractivity (Wildman–Crippen MR) is 116 cm³/mol. The molecule has 0 aliphatic carbocycles. The molecule has 4 nitrogen and oxygen atoms in total. The molecule has 0 aromatic rings. The average Bonchev–Trinajstić information content (AvgIpc) is 2.65. The van der Waals surface area contributed by atoms with Gasteiger partial charge >= 0.3 is 17.1 Å². The molecule has 0 saturated heterocycles. The Labute approximate surface area is 165 Å². The minimum Gasteiger partial charge on any atom is -0.394 e. The summed E-state index contributed by atoms with van der Waals surface area (Å²) >= 11 is 0. The Kier molecular flexibility index (Phi) is 15.4. The van der Waals surface area contributed by atoms with Crippen LogP contribution in [0.4, 0.5) is 0 Å². The van der Waals surface area contributed by atoms with Gasteiger partial charge in [-0.2, -0.15) is 0 Å². The summed E-state index contributed by atoms with van der Waals surface area (Å²) in [6.45, 7) is 18.5. The number of rotatable bonds is 18. The highest BCUT2D eigenvalue weighted by molar-refractivity contribution is 6.87. The van der Waals surface area contributed by atoms with E-state index >= 15 is 0 Å². The second kappa shape index (κ2) is 15.2. The molecule has 0 fully saturated rings. The second-order valence-corrected chi connectivity index (χ2v) is 14.7. The van der Waals surface area contributed by atoms with Gasteiger partial charge in [0, 0.05) is 31.6 Å². The average molecular weight is 407 g/mol. The minimum atomic E-state index is -2.39. The van der Waals surface area contributed by atoms with Crippen LogP contribution in [-0.2, 0) is 17.7 Å². The summed E-state index contributed by atoms with van der Waals surface area (Å²) in [6.07, 6.45) is 8.83.